The van der Waals surface area contributed by atoms with E-state index in [-0.39, 0.29) is 29.1 Å². The highest BCUT2D eigenvalue weighted by Crippen LogP contribution is 2.27. The molecule has 1 heterocycles. The number of benzene rings is 1. The van der Waals surface area contributed by atoms with Gasteiger partial charge in [-0.2, -0.15) is 0 Å². The highest BCUT2D eigenvalue weighted by Gasteiger charge is 2.29. The third-order valence-electron chi connectivity index (χ3n) is 3.49. The second-order valence-corrected chi connectivity index (χ2v) is 5.32. The summed E-state index contributed by atoms with van der Waals surface area (Å²) >= 11 is 5.80. The van der Waals surface area contributed by atoms with E-state index in [4.69, 9.17) is 16.7 Å². The lowest BCUT2D eigenvalue weighted by atomic mass is 9.98. The fraction of sp³-hybridized carbons (Fsp3) is 0.429. The van der Waals surface area contributed by atoms with E-state index in [2.05, 4.69) is 0 Å². The smallest absolute Gasteiger partial charge is 0.305 e. The summed E-state index contributed by atoms with van der Waals surface area (Å²) in [6.07, 6.45) is 2.45. The van der Waals surface area contributed by atoms with Crippen molar-refractivity contribution in [2.45, 2.75) is 31.7 Å². The second kappa shape index (κ2) is 6.13. The SMILES string of the molecule is O=C(O)CC1CCCCN1C(=O)c1ccc(O)c(Cl)c1. The highest BCUT2D eigenvalue weighted by molar-refractivity contribution is 6.32. The summed E-state index contributed by atoms with van der Waals surface area (Å²) in [6, 6.07) is 3.99. The zero-order valence-electron chi connectivity index (χ0n) is 10.9. The number of amides is 1. The largest absolute Gasteiger partial charge is 0.506 e. The van der Waals surface area contributed by atoms with E-state index >= 15 is 0 Å². The first kappa shape index (κ1) is 14.7. The number of hydrogen-bond donors (Lipinski definition) is 2. The Kier molecular flexibility index (Phi) is 4.49. The first-order chi connectivity index (χ1) is 9.49. The van der Waals surface area contributed by atoms with Crippen LogP contribution in [0.3, 0.4) is 0 Å². The number of carboxylic acids is 1. The number of likely N-dealkylation sites (tertiary alicyclic amines) is 1. The maximum atomic E-state index is 12.4. The summed E-state index contributed by atoms with van der Waals surface area (Å²) in [4.78, 5) is 24.9. The molecule has 1 saturated heterocycles. The molecule has 20 heavy (non-hydrogen) atoms. The summed E-state index contributed by atoms with van der Waals surface area (Å²) in [5.74, 6) is -1.22. The van der Waals surface area contributed by atoms with Crippen molar-refractivity contribution >= 4 is 23.5 Å². The molecule has 1 amide bonds. The van der Waals surface area contributed by atoms with Crippen LogP contribution in [0.5, 0.6) is 5.75 Å². The van der Waals surface area contributed by atoms with Crippen LogP contribution < -0.4 is 0 Å². The molecule has 6 heteroatoms. The predicted molar refractivity (Wildman–Crippen MR) is 74.0 cm³/mol. The van der Waals surface area contributed by atoms with Crippen LogP contribution in [0.4, 0.5) is 0 Å². The molecule has 1 aliphatic heterocycles. The fourth-order valence-corrected chi connectivity index (χ4v) is 2.67. The summed E-state index contributed by atoms with van der Waals surface area (Å²) in [6.45, 7) is 0.551. The third-order valence-corrected chi connectivity index (χ3v) is 3.80. The lowest BCUT2D eigenvalue weighted by Gasteiger charge is -2.35. The van der Waals surface area contributed by atoms with E-state index in [0.717, 1.165) is 12.8 Å². The Hall–Kier alpha value is -1.75. The Labute approximate surface area is 121 Å². The maximum Gasteiger partial charge on any atom is 0.305 e. The average Bonchev–Trinajstić information content (AvgIpc) is 2.41. The Morgan fingerprint density at radius 2 is 2.10 bits per heavy atom. The van der Waals surface area contributed by atoms with Gasteiger partial charge in [-0.1, -0.05) is 11.6 Å². The van der Waals surface area contributed by atoms with Gasteiger partial charge in [0.05, 0.1) is 11.4 Å². The van der Waals surface area contributed by atoms with Crippen molar-refractivity contribution in [3.05, 3.63) is 28.8 Å². The quantitative estimate of drug-likeness (QED) is 0.898. The molecule has 0 saturated carbocycles. The number of phenols is 1. The van der Waals surface area contributed by atoms with Crippen molar-refractivity contribution < 1.29 is 19.8 Å². The molecular weight excluding hydrogens is 282 g/mol. The van der Waals surface area contributed by atoms with Gasteiger partial charge < -0.3 is 15.1 Å². The van der Waals surface area contributed by atoms with Crippen LogP contribution in [0.25, 0.3) is 0 Å². The minimum absolute atomic E-state index is 0.0441. The average molecular weight is 298 g/mol. The number of nitrogens with zero attached hydrogens (tertiary/aromatic N) is 1. The normalized spacial score (nSPS) is 18.9. The van der Waals surface area contributed by atoms with Gasteiger partial charge in [0.2, 0.25) is 0 Å². The number of halogens is 1. The van der Waals surface area contributed by atoms with Crippen molar-refractivity contribution in [1.29, 1.82) is 0 Å². The zero-order chi connectivity index (χ0) is 14.7. The lowest BCUT2D eigenvalue weighted by molar-refractivity contribution is -0.138. The van der Waals surface area contributed by atoms with Gasteiger partial charge in [-0.3, -0.25) is 9.59 Å². The zero-order valence-corrected chi connectivity index (χ0v) is 11.6. The number of carboxylic acid groups (broad SMARTS) is 1. The summed E-state index contributed by atoms with van der Waals surface area (Å²) < 4.78 is 0. The number of rotatable bonds is 3. The summed E-state index contributed by atoms with van der Waals surface area (Å²) in [7, 11) is 0. The van der Waals surface area contributed by atoms with E-state index < -0.39 is 5.97 Å². The highest BCUT2D eigenvalue weighted by atomic mass is 35.5. The molecule has 1 atom stereocenters. The van der Waals surface area contributed by atoms with Crippen LogP contribution in [0.1, 0.15) is 36.0 Å². The Morgan fingerprint density at radius 1 is 1.35 bits per heavy atom. The monoisotopic (exact) mass is 297 g/mol. The fourth-order valence-electron chi connectivity index (χ4n) is 2.49. The van der Waals surface area contributed by atoms with Crippen molar-refractivity contribution in [2.75, 3.05) is 6.54 Å². The van der Waals surface area contributed by atoms with E-state index in [1.165, 1.54) is 18.2 Å². The van der Waals surface area contributed by atoms with Gasteiger partial charge in [0, 0.05) is 18.2 Å². The van der Waals surface area contributed by atoms with Crippen molar-refractivity contribution in [1.82, 2.24) is 4.90 Å². The standard InChI is InChI=1S/C14H16ClNO4/c15-11-7-9(4-5-12(11)17)14(20)16-6-2-1-3-10(16)8-13(18)19/h4-5,7,10,17H,1-3,6,8H2,(H,18,19). The Bertz CT molecular complexity index is 532. The third kappa shape index (κ3) is 3.22. The van der Waals surface area contributed by atoms with Gasteiger partial charge in [-0.15, -0.1) is 0 Å². The van der Waals surface area contributed by atoms with Crippen molar-refractivity contribution in [3.8, 4) is 5.75 Å². The number of carbonyl (C=O) groups is 2. The molecule has 2 N–H and O–H groups in total. The molecule has 0 aliphatic carbocycles. The van der Waals surface area contributed by atoms with Crippen LogP contribution in [0, 0.1) is 0 Å². The van der Waals surface area contributed by atoms with E-state index in [9.17, 15) is 14.7 Å². The van der Waals surface area contributed by atoms with E-state index in [0.29, 0.717) is 18.5 Å². The number of hydrogen-bond acceptors (Lipinski definition) is 3. The second-order valence-electron chi connectivity index (χ2n) is 4.91. The van der Waals surface area contributed by atoms with Gasteiger partial charge >= 0.3 is 5.97 Å². The van der Waals surface area contributed by atoms with E-state index in [1.54, 1.807) is 4.90 Å². The Morgan fingerprint density at radius 3 is 2.75 bits per heavy atom. The van der Waals surface area contributed by atoms with Crippen molar-refractivity contribution in [2.24, 2.45) is 0 Å². The minimum atomic E-state index is -0.904. The molecule has 0 spiro atoms. The number of carbonyl (C=O) groups excluding carboxylic acids is 1. The van der Waals surface area contributed by atoms with Gasteiger partial charge in [0.15, 0.2) is 0 Å². The molecular formula is C14H16ClNO4. The number of aliphatic carboxylic acids is 1. The molecule has 0 aromatic heterocycles. The molecule has 1 fully saturated rings. The molecule has 108 valence electrons. The molecule has 1 unspecified atom stereocenters. The van der Waals surface area contributed by atoms with Crippen molar-refractivity contribution in [3.63, 3.8) is 0 Å². The van der Waals surface area contributed by atoms with Gasteiger partial charge in [0.25, 0.3) is 5.91 Å². The number of piperidine rings is 1. The molecule has 1 aromatic rings. The molecule has 0 bridgehead atoms. The summed E-state index contributed by atoms with van der Waals surface area (Å²) in [5.41, 5.74) is 0.366. The van der Waals surface area contributed by atoms with Crippen LogP contribution >= 0.6 is 11.6 Å². The first-order valence-electron chi connectivity index (χ1n) is 6.50. The van der Waals surface area contributed by atoms with Crippen LogP contribution in [-0.4, -0.2) is 39.6 Å². The predicted octanol–water partition coefficient (Wildman–Crippen LogP) is 2.52. The number of phenolic OH excluding ortho intramolecular Hbond substituents is 1. The van der Waals surface area contributed by atoms with Crippen LogP contribution in [-0.2, 0) is 4.79 Å². The van der Waals surface area contributed by atoms with Gasteiger partial charge in [-0.25, -0.2) is 0 Å². The summed E-state index contributed by atoms with van der Waals surface area (Å²) in [5, 5.41) is 18.4. The molecule has 2 rings (SSSR count). The van der Waals surface area contributed by atoms with Gasteiger partial charge in [-0.05, 0) is 37.5 Å². The van der Waals surface area contributed by atoms with Gasteiger partial charge in [0.1, 0.15) is 5.75 Å². The topological polar surface area (TPSA) is 77.8 Å². The molecule has 1 aliphatic rings. The molecule has 1 aromatic carbocycles. The van der Waals surface area contributed by atoms with Crippen LogP contribution in [0.15, 0.2) is 18.2 Å². The van der Waals surface area contributed by atoms with E-state index in [1.807, 2.05) is 0 Å². The minimum Gasteiger partial charge on any atom is -0.506 e. The maximum absolute atomic E-state index is 12.4. The van der Waals surface area contributed by atoms with Crippen LogP contribution in [0.2, 0.25) is 5.02 Å². The lowest BCUT2D eigenvalue weighted by Crippen LogP contribution is -2.44. The molecule has 0 radical (unpaired) electrons. The molecule has 5 nitrogen and oxygen atoms in total. The first-order valence-corrected chi connectivity index (χ1v) is 6.88. The Balaban J connectivity index is 2.20. The number of aromatic hydroxyl groups is 1.